The van der Waals surface area contributed by atoms with Gasteiger partial charge in [0.25, 0.3) is 0 Å². The molecular formula is C17H18N4O5. The summed E-state index contributed by atoms with van der Waals surface area (Å²) < 4.78 is 10.4. The lowest BCUT2D eigenvalue weighted by Crippen LogP contribution is -2.37. The number of aromatic nitrogens is 2. The fourth-order valence-corrected chi connectivity index (χ4v) is 2.40. The number of hydrogen-bond acceptors (Lipinski definition) is 7. The van der Waals surface area contributed by atoms with Gasteiger partial charge in [0, 0.05) is 19.3 Å². The predicted molar refractivity (Wildman–Crippen MR) is 92.3 cm³/mol. The first-order valence-electron chi connectivity index (χ1n) is 8.04. The van der Waals surface area contributed by atoms with Crippen LogP contribution in [0.15, 0.2) is 36.5 Å². The Balaban J connectivity index is 1.71. The topological polar surface area (TPSA) is 114 Å². The van der Waals surface area contributed by atoms with Gasteiger partial charge in [-0.2, -0.15) is 4.98 Å². The summed E-state index contributed by atoms with van der Waals surface area (Å²) in [5, 5.41) is 11.7. The number of ether oxygens (including phenoxy) is 2. The zero-order chi connectivity index (χ0) is 18.4. The fourth-order valence-electron chi connectivity index (χ4n) is 2.40. The van der Waals surface area contributed by atoms with Crippen molar-refractivity contribution in [3.8, 4) is 0 Å². The third-order valence-electron chi connectivity index (χ3n) is 3.73. The van der Waals surface area contributed by atoms with Crippen LogP contribution in [0.3, 0.4) is 0 Å². The van der Waals surface area contributed by atoms with Crippen LogP contribution in [0.4, 0.5) is 16.6 Å². The Hall–Kier alpha value is -3.20. The average Bonchev–Trinajstić information content (AvgIpc) is 2.67. The summed E-state index contributed by atoms with van der Waals surface area (Å²) in [6.45, 7) is 2.31. The van der Waals surface area contributed by atoms with E-state index in [1.165, 1.54) is 6.20 Å². The number of amides is 1. The number of carbonyl (C=O) groups is 2. The van der Waals surface area contributed by atoms with Crippen LogP contribution in [0.5, 0.6) is 0 Å². The molecule has 1 amide bonds. The maximum atomic E-state index is 12.0. The van der Waals surface area contributed by atoms with Gasteiger partial charge in [-0.1, -0.05) is 30.3 Å². The quantitative estimate of drug-likeness (QED) is 0.831. The molecule has 9 nitrogen and oxygen atoms in total. The number of carboxylic acids is 1. The number of anilines is 2. The maximum Gasteiger partial charge on any atom is 0.413 e. The van der Waals surface area contributed by atoms with Crippen molar-refractivity contribution in [3.63, 3.8) is 0 Å². The highest BCUT2D eigenvalue weighted by atomic mass is 16.5. The van der Waals surface area contributed by atoms with Crippen molar-refractivity contribution >= 4 is 23.8 Å². The van der Waals surface area contributed by atoms with Gasteiger partial charge >= 0.3 is 12.1 Å². The number of morpholine rings is 1. The molecule has 136 valence electrons. The maximum absolute atomic E-state index is 12.0. The molecule has 2 aromatic rings. The Morgan fingerprint density at radius 3 is 2.65 bits per heavy atom. The minimum absolute atomic E-state index is 0.0660. The first-order valence-corrected chi connectivity index (χ1v) is 8.04. The second-order valence-electron chi connectivity index (χ2n) is 5.52. The SMILES string of the molecule is O=C(Nc1nc(N2CCOCC2)ncc1C(=O)O)OCc1ccccc1. The largest absolute Gasteiger partial charge is 0.477 e. The Bertz CT molecular complexity index is 778. The molecule has 1 fully saturated rings. The van der Waals surface area contributed by atoms with Crippen molar-refractivity contribution < 1.29 is 24.2 Å². The van der Waals surface area contributed by atoms with Crippen LogP contribution in [0.25, 0.3) is 0 Å². The number of hydrogen-bond donors (Lipinski definition) is 2. The number of benzene rings is 1. The molecule has 3 rings (SSSR count). The van der Waals surface area contributed by atoms with E-state index in [1.54, 1.807) is 0 Å². The van der Waals surface area contributed by atoms with Crippen LogP contribution in [-0.2, 0) is 16.1 Å². The molecule has 0 spiro atoms. The first-order chi connectivity index (χ1) is 12.6. The smallest absolute Gasteiger partial charge is 0.413 e. The molecule has 0 bridgehead atoms. The molecule has 1 aliphatic rings. The van der Waals surface area contributed by atoms with E-state index in [0.29, 0.717) is 32.3 Å². The van der Waals surface area contributed by atoms with Crippen molar-refractivity contribution in [1.82, 2.24) is 9.97 Å². The molecule has 2 heterocycles. The highest BCUT2D eigenvalue weighted by Crippen LogP contribution is 2.18. The Morgan fingerprint density at radius 2 is 1.96 bits per heavy atom. The van der Waals surface area contributed by atoms with Crippen molar-refractivity contribution in [1.29, 1.82) is 0 Å². The zero-order valence-electron chi connectivity index (χ0n) is 13.9. The van der Waals surface area contributed by atoms with Crippen LogP contribution >= 0.6 is 0 Å². The number of aromatic carboxylic acids is 1. The zero-order valence-corrected chi connectivity index (χ0v) is 13.9. The van der Waals surface area contributed by atoms with E-state index < -0.39 is 12.1 Å². The number of carboxylic acid groups (broad SMARTS) is 1. The molecule has 0 radical (unpaired) electrons. The Morgan fingerprint density at radius 1 is 1.23 bits per heavy atom. The van der Waals surface area contributed by atoms with Gasteiger partial charge in [0.1, 0.15) is 12.2 Å². The lowest BCUT2D eigenvalue weighted by Gasteiger charge is -2.27. The molecule has 1 saturated heterocycles. The fraction of sp³-hybridized carbons (Fsp3) is 0.294. The molecule has 1 aromatic carbocycles. The average molecular weight is 358 g/mol. The summed E-state index contributed by atoms with van der Waals surface area (Å²) >= 11 is 0. The van der Waals surface area contributed by atoms with Crippen molar-refractivity contribution in [2.75, 3.05) is 36.5 Å². The van der Waals surface area contributed by atoms with E-state index in [0.717, 1.165) is 5.56 Å². The lowest BCUT2D eigenvalue weighted by molar-refractivity contribution is 0.0697. The van der Waals surface area contributed by atoms with Gasteiger partial charge in [-0.15, -0.1) is 0 Å². The van der Waals surface area contributed by atoms with Crippen molar-refractivity contribution in [3.05, 3.63) is 47.7 Å². The molecule has 2 N–H and O–H groups in total. The van der Waals surface area contributed by atoms with Gasteiger partial charge in [-0.05, 0) is 5.56 Å². The van der Waals surface area contributed by atoms with Crippen LogP contribution in [0.1, 0.15) is 15.9 Å². The second kappa shape index (κ2) is 8.26. The summed E-state index contributed by atoms with van der Waals surface area (Å²) in [6, 6.07) is 9.15. The molecule has 0 unspecified atom stereocenters. The number of nitrogens with zero attached hydrogens (tertiary/aromatic N) is 3. The monoisotopic (exact) mass is 358 g/mol. The predicted octanol–water partition coefficient (Wildman–Crippen LogP) is 1.76. The van der Waals surface area contributed by atoms with Crippen molar-refractivity contribution in [2.45, 2.75) is 6.61 Å². The molecule has 1 aliphatic heterocycles. The van der Waals surface area contributed by atoms with E-state index >= 15 is 0 Å². The third-order valence-corrected chi connectivity index (χ3v) is 3.73. The number of rotatable bonds is 5. The van der Waals surface area contributed by atoms with Gasteiger partial charge < -0.3 is 19.5 Å². The minimum Gasteiger partial charge on any atom is -0.477 e. The summed E-state index contributed by atoms with van der Waals surface area (Å²) in [5.41, 5.74) is 0.608. The van der Waals surface area contributed by atoms with E-state index in [-0.39, 0.29) is 18.0 Å². The molecule has 26 heavy (non-hydrogen) atoms. The summed E-state index contributed by atoms with van der Waals surface area (Å²) in [5.74, 6) is -1.01. The highest BCUT2D eigenvalue weighted by molar-refractivity contribution is 5.97. The van der Waals surface area contributed by atoms with E-state index in [4.69, 9.17) is 9.47 Å². The first kappa shape index (κ1) is 17.6. The van der Waals surface area contributed by atoms with E-state index in [2.05, 4.69) is 15.3 Å². The Labute approximate surface area is 149 Å². The summed E-state index contributed by atoms with van der Waals surface area (Å²) in [4.78, 5) is 33.5. The van der Waals surface area contributed by atoms with Gasteiger partial charge in [-0.25, -0.2) is 14.6 Å². The van der Waals surface area contributed by atoms with Crippen molar-refractivity contribution in [2.24, 2.45) is 0 Å². The summed E-state index contributed by atoms with van der Waals surface area (Å²) in [7, 11) is 0. The standard InChI is InChI=1S/C17H18N4O5/c22-15(23)13-10-18-16(21-6-8-25-9-7-21)19-14(13)20-17(24)26-11-12-4-2-1-3-5-12/h1-5,10H,6-9,11H2,(H,22,23)(H,18,19,20,24). The van der Waals surface area contributed by atoms with Gasteiger partial charge in [0.15, 0.2) is 5.82 Å². The van der Waals surface area contributed by atoms with Crippen LogP contribution in [-0.4, -0.2) is 53.4 Å². The van der Waals surface area contributed by atoms with Crippen LogP contribution < -0.4 is 10.2 Å². The van der Waals surface area contributed by atoms with E-state index in [1.807, 2.05) is 35.2 Å². The summed E-state index contributed by atoms with van der Waals surface area (Å²) in [6.07, 6.45) is 0.385. The van der Waals surface area contributed by atoms with E-state index in [9.17, 15) is 14.7 Å². The molecule has 0 saturated carbocycles. The van der Waals surface area contributed by atoms with Gasteiger partial charge in [0.05, 0.1) is 13.2 Å². The number of nitrogens with one attached hydrogen (secondary N) is 1. The lowest BCUT2D eigenvalue weighted by atomic mass is 10.2. The normalized spacial score (nSPS) is 13.9. The second-order valence-corrected chi connectivity index (χ2v) is 5.52. The minimum atomic E-state index is -1.24. The number of carbonyl (C=O) groups excluding carboxylic acids is 1. The van der Waals surface area contributed by atoms with Gasteiger partial charge in [0.2, 0.25) is 5.95 Å². The Kier molecular flexibility index (Phi) is 5.59. The molecule has 9 heteroatoms. The highest BCUT2D eigenvalue weighted by Gasteiger charge is 2.20. The third kappa shape index (κ3) is 4.45. The van der Waals surface area contributed by atoms with Crippen LogP contribution in [0.2, 0.25) is 0 Å². The van der Waals surface area contributed by atoms with Crippen LogP contribution in [0, 0.1) is 0 Å². The van der Waals surface area contributed by atoms with Gasteiger partial charge in [-0.3, -0.25) is 5.32 Å². The molecule has 0 aliphatic carbocycles. The molecular weight excluding hydrogens is 340 g/mol. The molecule has 1 aromatic heterocycles. The molecule has 0 atom stereocenters.